The quantitative estimate of drug-likeness (QED) is 0.782. The average Bonchev–Trinajstić information content (AvgIpc) is 2.54. The largest absolute Gasteiger partial charge is 0.482 e. The van der Waals surface area contributed by atoms with Gasteiger partial charge in [0.1, 0.15) is 5.75 Å². The van der Waals surface area contributed by atoms with Gasteiger partial charge in [-0.1, -0.05) is 23.2 Å². The third kappa shape index (κ3) is 6.18. The van der Waals surface area contributed by atoms with Gasteiger partial charge in [0.25, 0.3) is 5.91 Å². The Morgan fingerprint density at radius 2 is 2.26 bits per heavy atom. The standard InChI is InChI=1S/C16H22Cl2N2O3/c17-13-3-4-15(14(18)8-13)23-11-16(22)19-5-7-20-6-1-2-12(9-20)10-21/h3-4,8,12,21H,1-2,5-7,9-11H2,(H,19,22). The van der Waals surface area contributed by atoms with Crippen molar-refractivity contribution in [2.45, 2.75) is 12.8 Å². The summed E-state index contributed by atoms with van der Waals surface area (Å²) in [5.74, 6) is 0.606. The van der Waals surface area contributed by atoms with Crippen LogP contribution in [0.4, 0.5) is 0 Å². The molecule has 128 valence electrons. The molecule has 23 heavy (non-hydrogen) atoms. The Labute approximate surface area is 146 Å². The van der Waals surface area contributed by atoms with Crippen LogP contribution in [0.15, 0.2) is 18.2 Å². The van der Waals surface area contributed by atoms with Gasteiger partial charge in [0, 0.05) is 31.3 Å². The molecule has 0 saturated carbocycles. The van der Waals surface area contributed by atoms with Crippen molar-refractivity contribution in [1.29, 1.82) is 0 Å². The highest BCUT2D eigenvalue weighted by Gasteiger charge is 2.18. The van der Waals surface area contributed by atoms with Crippen LogP contribution in [0, 0.1) is 5.92 Å². The first-order valence-electron chi connectivity index (χ1n) is 7.76. The second-order valence-corrected chi connectivity index (χ2v) is 6.55. The maximum Gasteiger partial charge on any atom is 0.257 e. The molecule has 2 rings (SSSR count). The number of hydrogen-bond donors (Lipinski definition) is 2. The molecule has 7 heteroatoms. The molecule has 1 atom stereocenters. The van der Waals surface area contributed by atoms with E-state index in [1.165, 1.54) is 0 Å². The van der Waals surface area contributed by atoms with Gasteiger partial charge in [-0.05, 0) is 43.5 Å². The third-order valence-electron chi connectivity index (χ3n) is 3.86. The second kappa shape index (κ2) is 9.33. The van der Waals surface area contributed by atoms with Gasteiger partial charge in [0.15, 0.2) is 6.61 Å². The zero-order valence-corrected chi connectivity index (χ0v) is 14.4. The van der Waals surface area contributed by atoms with Crippen molar-refractivity contribution in [2.24, 2.45) is 5.92 Å². The third-order valence-corrected chi connectivity index (χ3v) is 4.39. The molecule has 2 N–H and O–H groups in total. The van der Waals surface area contributed by atoms with Crippen LogP contribution in [0.1, 0.15) is 12.8 Å². The monoisotopic (exact) mass is 360 g/mol. The van der Waals surface area contributed by atoms with E-state index in [0.29, 0.717) is 28.3 Å². The first-order valence-corrected chi connectivity index (χ1v) is 8.52. The number of ether oxygens (including phenoxy) is 1. The molecule has 1 fully saturated rings. The normalized spacial score (nSPS) is 18.7. The van der Waals surface area contributed by atoms with Gasteiger partial charge in [0.2, 0.25) is 0 Å². The fourth-order valence-corrected chi connectivity index (χ4v) is 3.11. The van der Waals surface area contributed by atoms with Crippen molar-refractivity contribution in [3.63, 3.8) is 0 Å². The zero-order valence-electron chi connectivity index (χ0n) is 12.9. The Morgan fingerprint density at radius 3 is 3.00 bits per heavy atom. The average molecular weight is 361 g/mol. The molecule has 0 aliphatic carbocycles. The SMILES string of the molecule is O=C(COc1ccc(Cl)cc1Cl)NCCN1CCCC(CO)C1. The summed E-state index contributed by atoms with van der Waals surface area (Å²) in [5.41, 5.74) is 0. The number of nitrogens with zero attached hydrogens (tertiary/aromatic N) is 1. The Hall–Kier alpha value is -1.01. The molecule has 0 radical (unpaired) electrons. The van der Waals surface area contributed by atoms with Crippen LogP contribution in [0.2, 0.25) is 10.0 Å². The van der Waals surface area contributed by atoms with Crippen LogP contribution in [-0.4, -0.2) is 55.3 Å². The summed E-state index contributed by atoms with van der Waals surface area (Å²) >= 11 is 11.8. The molecule has 5 nitrogen and oxygen atoms in total. The van der Waals surface area contributed by atoms with Gasteiger partial charge in [-0.3, -0.25) is 4.79 Å². The number of rotatable bonds is 7. The highest BCUT2D eigenvalue weighted by molar-refractivity contribution is 6.35. The number of hydrogen-bond acceptors (Lipinski definition) is 4. The van der Waals surface area contributed by atoms with E-state index in [0.717, 1.165) is 32.5 Å². The number of nitrogens with one attached hydrogen (secondary N) is 1. The van der Waals surface area contributed by atoms with Crippen LogP contribution in [0.25, 0.3) is 0 Å². The Bertz CT molecular complexity index is 528. The van der Waals surface area contributed by atoms with E-state index in [4.69, 9.17) is 27.9 Å². The fourth-order valence-electron chi connectivity index (χ4n) is 2.64. The number of aliphatic hydroxyl groups excluding tert-OH is 1. The van der Waals surface area contributed by atoms with Gasteiger partial charge < -0.3 is 20.1 Å². The van der Waals surface area contributed by atoms with E-state index in [1.807, 2.05) is 0 Å². The van der Waals surface area contributed by atoms with Crippen molar-refractivity contribution >= 4 is 29.1 Å². The number of benzene rings is 1. The number of carbonyl (C=O) groups excluding carboxylic acids is 1. The van der Waals surface area contributed by atoms with Crippen LogP contribution < -0.4 is 10.1 Å². The lowest BCUT2D eigenvalue weighted by atomic mass is 9.99. The maximum atomic E-state index is 11.8. The van der Waals surface area contributed by atoms with Crippen molar-refractivity contribution in [1.82, 2.24) is 10.2 Å². The van der Waals surface area contributed by atoms with E-state index in [2.05, 4.69) is 10.2 Å². The van der Waals surface area contributed by atoms with E-state index >= 15 is 0 Å². The van der Waals surface area contributed by atoms with Crippen LogP contribution in [0.5, 0.6) is 5.75 Å². The lowest BCUT2D eigenvalue weighted by molar-refractivity contribution is -0.123. The van der Waals surface area contributed by atoms with Crippen molar-refractivity contribution in [3.8, 4) is 5.75 Å². The molecule has 1 saturated heterocycles. The maximum absolute atomic E-state index is 11.8. The van der Waals surface area contributed by atoms with Crippen molar-refractivity contribution < 1.29 is 14.6 Å². The molecular weight excluding hydrogens is 339 g/mol. The highest BCUT2D eigenvalue weighted by Crippen LogP contribution is 2.27. The Balaban J connectivity index is 1.65. The lowest BCUT2D eigenvalue weighted by Crippen LogP contribution is -2.42. The van der Waals surface area contributed by atoms with Crippen molar-refractivity contribution in [3.05, 3.63) is 28.2 Å². The number of carbonyl (C=O) groups is 1. The molecule has 1 aliphatic heterocycles. The Kier molecular flexibility index (Phi) is 7.43. The summed E-state index contributed by atoms with van der Waals surface area (Å²) in [4.78, 5) is 14.1. The minimum Gasteiger partial charge on any atom is -0.482 e. The molecule has 1 aliphatic rings. The number of piperidine rings is 1. The van der Waals surface area contributed by atoms with Crippen LogP contribution in [0.3, 0.4) is 0 Å². The first kappa shape index (κ1) is 18.3. The molecule has 1 unspecified atom stereocenters. The van der Waals surface area contributed by atoms with E-state index in [1.54, 1.807) is 18.2 Å². The minimum atomic E-state index is -0.188. The number of amides is 1. The fraction of sp³-hybridized carbons (Fsp3) is 0.562. The van der Waals surface area contributed by atoms with Crippen LogP contribution >= 0.6 is 23.2 Å². The van der Waals surface area contributed by atoms with Gasteiger partial charge >= 0.3 is 0 Å². The predicted octanol–water partition coefficient (Wildman–Crippen LogP) is 2.19. The summed E-state index contributed by atoms with van der Waals surface area (Å²) in [7, 11) is 0. The summed E-state index contributed by atoms with van der Waals surface area (Å²) in [6, 6.07) is 4.87. The van der Waals surface area contributed by atoms with Gasteiger partial charge in [0.05, 0.1) is 5.02 Å². The molecular formula is C16H22Cl2N2O3. The van der Waals surface area contributed by atoms with E-state index < -0.39 is 0 Å². The first-order chi connectivity index (χ1) is 11.1. The topological polar surface area (TPSA) is 61.8 Å². The van der Waals surface area contributed by atoms with E-state index in [9.17, 15) is 9.90 Å². The molecule has 0 bridgehead atoms. The smallest absolute Gasteiger partial charge is 0.257 e. The van der Waals surface area contributed by atoms with Gasteiger partial charge in [-0.15, -0.1) is 0 Å². The molecule has 0 spiro atoms. The van der Waals surface area contributed by atoms with Crippen LogP contribution in [-0.2, 0) is 4.79 Å². The number of halogens is 2. The summed E-state index contributed by atoms with van der Waals surface area (Å²) in [6.07, 6.45) is 2.17. The lowest BCUT2D eigenvalue weighted by Gasteiger charge is -2.31. The van der Waals surface area contributed by atoms with Crippen molar-refractivity contribution in [2.75, 3.05) is 39.4 Å². The van der Waals surface area contributed by atoms with Gasteiger partial charge in [-0.25, -0.2) is 0 Å². The minimum absolute atomic E-state index is 0.0827. The molecule has 1 amide bonds. The molecule has 1 heterocycles. The number of aliphatic hydroxyl groups is 1. The van der Waals surface area contributed by atoms with E-state index in [-0.39, 0.29) is 19.1 Å². The highest BCUT2D eigenvalue weighted by atomic mass is 35.5. The summed E-state index contributed by atoms with van der Waals surface area (Å²) < 4.78 is 5.38. The molecule has 1 aromatic rings. The predicted molar refractivity (Wildman–Crippen MR) is 91.2 cm³/mol. The summed E-state index contributed by atoms with van der Waals surface area (Å²) in [6.45, 7) is 3.41. The Morgan fingerprint density at radius 1 is 1.43 bits per heavy atom. The van der Waals surface area contributed by atoms with Gasteiger partial charge in [-0.2, -0.15) is 0 Å². The number of likely N-dealkylation sites (tertiary alicyclic amines) is 1. The molecule has 0 aromatic heterocycles. The molecule has 1 aromatic carbocycles. The second-order valence-electron chi connectivity index (χ2n) is 5.70. The zero-order chi connectivity index (χ0) is 16.7. The summed E-state index contributed by atoms with van der Waals surface area (Å²) in [5, 5.41) is 12.9.